The predicted octanol–water partition coefficient (Wildman–Crippen LogP) is 5.81. The summed E-state index contributed by atoms with van der Waals surface area (Å²) in [7, 11) is 1.32. The van der Waals surface area contributed by atoms with E-state index in [-0.39, 0.29) is 11.5 Å². The first-order valence-corrected chi connectivity index (χ1v) is 9.60. The van der Waals surface area contributed by atoms with Gasteiger partial charge in [0.1, 0.15) is 0 Å². The molecule has 0 aromatic heterocycles. The van der Waals surface area contributed by atoms with Crippen molar-refractivity contribution in [1.29, 1.82) is 0 Å². The summed E-state index contributed by atoms with van der Waals surface area (Å²) in [5, 5.41) is 22.9. The number of esters is 1. The third-order valence-corrected chi connectivity index (χ3v) is 4.77. The summed E-state index contributed by atoms with van der Waals surface area (Å²) in [6.45, 7) is 4.00. The van der Waals surface area contributed by atoms with Gasteiger partial charge in [-0.25, -0.2) is 4.79 Å². The number of aromatic hydroxyl groups is 2. The van der Waals surface area contributed by atoms with Crippen LogP contribution in [0.5, 0.6) is 11.5 Å². The van der Waals surface area contributed by atoms with Gasteiger partial charge in [0.05, 0.1) is 12.7 Å². The molecule has 0 heterocycles. The van der Waals surface area contributed by atoms with Gasteiger partial charge in [-0.3, -0.25) is 0 Å². The third kappa shape index (κ3) is 4.02. The summed E-state index contributed by atoms with van der Waals surface area (Å²) < 4.78 is 4.88. The van der Waals surface area contributed by atoms with Gasteiger partial charge in [0.2, 0.25) is 0 Å². The molecule has 29 heavy (non-hydrogen) atoms. The maximum Gasteiger partial charge on any atom is 0.338 e. The topological polar surface area (TPSA) is 66.8 Å². The molecule has 0 bridgehead atoms. The third-order valence-electron chi connectivity index (χ3n) is 4.77. The molecule has 0 spiro atoms. The molecule has 4 aromatic rings. The van der Waals surface area contributed by atoms with Crippen molar-refractivity contribution < 1.29 is 19.7 Å². The van der Waals surface area contributed by atoms with E-state index in [2.05, 4.69) is 18.2 Å². The zero-order valence-corrected chi connectivity index (χ0v) is 16.8. The lowest BCUT2D eigenvalue weighted by Gasteiger charge is -2.12. The van der Waals surface area contributed by atoms with E-state index in [0.29, 0.717) is 16.3 Å². The van der Waals surface area contributed by atoms with Crippen LogP contribution in [0.1, 0.15) is 35.3 Å². The number of carbonyl (C=O) groups is 1. The van der Waals surface area contributed by atoms with Crippen LogP contribution in [0.15, 0.2) is 66.7 Å². The van der Waals surface area contributed by atoms with Crippen LogP contribution in [0.3, 0.4) is 0 Å². The molecule has 2 N–H and O–H groups in total. The number of hydrogen-bond acceptors (Lipinski definition) is 4. The van der Waals surface area contributed by atoms with Crippen LogP contribution in [-0.2, 0) is 11.2 Å². The van der Waals surface area contributed by atoms with E-state index in [4.69, 9.17) is 4.74 Å². The number of benzene rings is 4. The van der Waals surface area contributed by atoms with Crippen LogP contribution in [0.25, 0.3) is 21.5 Å². The molecular formula is C25H24O4. The van der Waals surface area contributed by atoms with E-state index in [1.165, 1.54) is 24.8 Å². The van der Waals surface area contributed by atoms with E-state index in [1.807, 2.05) is 44.2 Å². The molecule has 0 aliphatic carbocycles. The van der Waals surface area contributed by atoms with Crippen LogP contribution in [0.2, 0.25) is 0 Å². The second-order valence-electron chi connectivity index (χ2n) is 6.52. The lowest BCUT2D eigenvalue weighted by atomic mass is 9.94. The fourth-order valence-corrected chi connectivity index (χ4v) is 3.44. The Balaban J connectivity index is 0.00000117. The van der Waals surface area contributed by atoms with Crippen LogP contribution in [0, 0.1) is 0 Å². The van der Waals surface area contributed by atoms with Crippen molar-refractivity contribution in [3.05, 3.63) is 83.4 Å². The van der Waals surface area contributed by atoms with Crippen LogP contribution < -0.4 is 0 Å². The smallest absolute Gasteiger partial charge is 0.338 e. The van der Waals surface area contributed by atoms with Crippen molar-refractivity contribution in [1.82, 2.24) is 0 Å². The highest BCUT2D eigenvalue weighted by Crippen LogP contribution is 2.37. The maximum absolute atomic E-state index is 12.2. The van der Waals surface area contributed by atoms with Gasteiger partial charge in [-0.2, -0.15) is 0 Å². The molecule has 0 amide bonds. The predicted molar refractivity (Wildman–Crippen MR) is 117 cm³/mol. The first kappa shape index (κ1) is 20.2. The summed E-state index contributed by atoms with van der Waals surface area (Å²) in [4.78, 5) is 12.2. The Labute approximate surface area is 170 Å². The Morgan fingerprint density at radius 3 is 2.10 bits per heavy atom. The number of carbonyl (C=O) groups excluding carboxylic acids is 1. The zero-order chi connectivity index (χ0) is 21.0. The molecule has 0 saturated heterocycles. The molecule has 4 rings (SSSR count). The summed E-state index contributed by atoms with van der Waals surface area (Å²) in [5.41, 5.74) is 2.67. The van der Waals surface area contributed by atoms with Crippen molar-refractivity contribution in [2.75, 3.05) is 7.11 Å². The fraction of sp³-hybridized carbons (Fsp3) is 0.160. The minimum absolute atomic E-state index is 0.223. The van der Waals surface area contributed by atoms with E-state index < -0.39 is 5.97 Å². The summed E-state index contributed by atoms with van der Waals surface area (Å²) in [6.07, 6.45) is 0.779. The van der Waals surface area contributed by atoms with Crippen LogP contribution >= 0.6 is 0 Å². The molecule has 0 fully saturated rings. The number of phenolic OH excluding ortho intramolecular Hbond substituents is 2. The quantitative estimate of drug-likeness (QED) is 0.264. The van der Waals surface area contributed by atoms with Gasteiger partial charge in [-0.15, -0.1) is 0 Å². The molecule has 0 saturated carbocycles. The van der Waals surface area contributed by atoms with Gasteiger partial charge < -0.3 is 14.9 Å². The Bertz CT molecular complexity index is 1160. The van der Waals surface area contributed by atoms with Crippen molar-refractivity contribution in [3.63, 3.8) is 0 Å². The van der Waals surface area contributed by atoms with Crippen molar-refractivity contribution >= 4 is 27.5 Å². The largest absolute Gasteiger partial charge is 0.504 e. The molecule has 4 aromatic carbocycles. The number of rotatable bonds is 3. The monoisotopic (exact) mass is 388 g/mol. The van der Waals surface area contributed by atoms with E-state index in [9.17, 15) is 15.0 Å². The minimum Gasteiger partial charge on any atom is -0.504 e. The molecule has 0 unspecified atom stereocenters. The highest BCUT2D eigenvalue weighted by atomic mass is 16.5. The number of phenols is 2. The van der Waals surface area contributed by atoms with Gasteiger partial charge in [-0.1, -0.05) is 62.4 Å². The van der Waals surface area contributed by atoms with E-state index in [0.717, 1.165) is 22.8 Å². The number of ether oxygens (including phenoxy) is 1. The number of fused-ring (bicyclic) bond motifs is 3. The lowest BCUT2D eigenvalue weighted by molar-refractivity contribution is 0.0603. The Hall–Kier alpha value is -3.53. The average Bonchev–Trinajstić information content (AvgIpc) is 2.76. The maximum atomic E-state index is 12.2. The Kier molecular flexibility index (Phi) is 6.03. The van der Waals surface area contributed by atoms with Gasteiger partial charge in [0, 0.05) is 5.39 Å². The number of hydrogen-bond donors (Lipinski definition) is 2. The summed E-state index contributed by atoms with van der Waals surface area (Å²) in [5.74, 6) is -0.980. The molecule has 0 radical (unpaired) electrons. The number of methoxy groups -OCH3 is 1. The van der Waals surface area contributed by atoms with Crippen molar-refractivity contribution in [2.45, 2.75) is 20.3 Å². The minimum atomic E-state index is -0.486. The standard InChI is InChI=1S/C23H18O4.C2H6/c1-27-23(26)20-11-16-8-7-15(9-14-5-3-2-4-6-14)10-17(16)18-12-21(24)22(25)13-19(18)20;1-2/h2-8,10-13,24-25H,9H2,1H3;1-2H3. The van der Waals surface area contributed by atoms with Crippen LogP contribution in [-0.4, -0.2) is 23.3 Å². The highest BCUT2D eigenvalue weighted by Gasteiger charge is 2.16. The Morgan fingerprint density at radius 2 is 1.45 bits per heavy atom. The van der Waals surface area contributed by atoms with E-state index >= 15 is 0 Å². The first-order valence-electron chi connectivity index (χ1n) is 9.60. The van der Waals surface area contributed by atoms with Gasteiger partial charge in [-0.05, 0) is 51.9 Å². The Morgan fingerprint density at radius 1 is 0.793 bits per heavy atom. The summed E-state index contributed by atoms with van der Waals surface area (Å²) in [6, 6.07) is 20.9. The lowest BCUT2D eigenvalue weighted by Crippen LogP contribution is -2.02. The molecular weight excluding hydrogens is 364 g/mol. The fourth-order valence-electron chi connectivity index (χ4n) is 3.44. The molecule has 0 aliphatic heterocycles. The van der Waals surface area contributed by atoms with Gasteiger partial charge in [0.25, 0.3) is 0 Å². The van der Waals surface area contributed by atoms with Crippen molar-refractivity contribution in [3.8, 4) is 11.5 Å². The second-order valence-corrected chi connectivity index (χ2v) is 6.52. The zero-order valence-electron chi connectivity index (χ0n) is 16.8. The van der Waals surface area contributed by atoms with Gasteiger partial charge in [0.15, 0.2) is 11.5 Å². The second kappa shape index (κ2) is 8.65. The van der Waals surface area contributed by atoms with Crippen LogP contribution in [0.4, 0.5) is 0 Å². The molecule has 0 atom stereocenters. The SMILES string of the molecule is CC.COC(=O)c1cc2ccc(Cc3ccccc3)cc2c2cc(O)c(O)cc12. The first-order chi connectivity index (χ1) is 14.1. The normalized spacial score (nSPS) is 10.4. The van der Waals surface area contributed by atoms with Gasteiger partial charge >= 0.3 is 5.97 Å². The van der Waals surface area contributed by atoms with E-state index in [1.54, 1.807) is 6.07 Å². The molecule has 148 valence electrons. The molecule has 4 nitrogen and oxygen atoms in total. The van der Waals surface area contributed by atoms with Crippen molar-refractivity contribution in [2.24, 2.45) is 0 Å². The average molecular weight is 388 g/mol. The molecule has 0 aliphatic rings. The highest BCUT2D eigenvalue weighted by molar-refractivity contribution is 6.16. The molecule has 4 heteroatoms. The summed E-state index contributed by atoms with van der Waals surface area (Å²) >= 11 is 0.